The second-order valence-electron chi connectivity index (χ2n) is 15.6. The number of hydrogen-bond acceptors (Lipinski definition) is 9. The van der Waals surface area contributed by atoms with Crippen molar-refractivity contribution in [1.82, 2.24) is 25.8 Å². The van der Waals surface area contributed by atoms with Crippen molar-refractivity contribution in [3.05, 3.63) is 35.9 Å². The van der Waals surface area contributed by atoms with Gasteiger partial charge in [0.05, 0.1) is 35.7 Å². The Balaban J connectivity index is 2.10. The van der Waals surface area contributed by atoms with Crippen molar-refractivity contribution in [2.45, 2.75) is 123 Å². The molecule has 302 valence electrons. The largest absolute Gasteiger partial charge is 0.480 e. The van der Waals surface area contributed by atoms with E-state index in [2.05, 4.69) is 29.8 Å². The van der Waals surface area contributed by atoms with Crippen LogP contribution in [0.25, 0.3) is 0 Å². The van der Waals surface area contributed by atoms with Crippen molar-refractivity contribution in [2.24, 2.45) is 29.6 Å². The van der Waals surface area contributed by atoms with Gasteiger partial charge in [-0.05, 0) is 56.2 Å². The van der Waals surface area contributed by atoms with Gasteiger partial charge in [-0.2, -0.15) is 0 Å². The molecule has 2 amide bonds. The summed E-state index contributed by atoms with van der Waals surface area (Å²) in [6, 6.07) is 7.37. The number of nitrogens with zero attached hydrogens (tertiary/aromatic N) is 2. The molecule has 0 aromatic heterocycles. The second kappa shape index (κ2) is 22.6. The number of aliphatic hydroxyl groups excluding tert-OH is 1. The Kier molecular flexibility index (Phi) is 19.9. The Morgan fingerprint density at radius 2 is 1.62 bits per heavy atom. The lowest BCUT2D eigenvalue weighted by Crippen LogP contribution is -2.61. The zero-order chi connectivity index (χ0) is 40.0. The topological polar surface area (TPSA) is 153 Å². The van der Waals surface area contributed by atoms with Crippen molar-refractivity contribution in [3.8, 4) is 0 Å². The molecule has 1 aliphatic rings. The van der Waals surface area contributed by atoms with Gasteiger partial charge in [0, 0.05) is 45.7 Å². The third-order valence-electron chi connectivity index (χ3n) is 11.2. The molecule has 1 aromatic rings. The van der Waals surface area contributed by atoms with Crippen LogP contribution in [0.5, 0.6) is 0 Å². The van der Waals surface area contributed by atoms with Gasteiger partial charge in [0.15, 0.2) is 0 Å². The summed E-state index contributed by atoms with van der Waals surface area (Å²) >= 11 is 5.69. The number of benzene rings is 1. The van der Waals surface area contributed by atoms with E-state index in [4.69, 9.17) is 21.7 Å². The SMILES string of the molecule is CC[C@H](C)[C@@H]([C@@H](CC(=O)N1CCC(C[C@H](OC)C(C)C(=S)N[C@@H](Cc2ccccc2)C(=O)O)C1)OC)N(C)C(O)[C@@H](NC(=O)[C@@H](NC)C(C)C)C(C)C. The van der Waals surface area contributed by atoms with E-state index in [1.807, 2.05) is 81.8 Å². The zero-order valence-corrected chi connectivity index (χ0v) is 34.8. The molecule has 0 bridgehead atoms. The first kappa shape index (κ1) is 46.5. The monoisotopic (exact) mass is 763 g/mol. The number of nitrogens with one attached hydrogen (secondary N) is 3. The maximum Gasteiger partial charge on any atom is 0.326 e. The molecule has 0 aliphatic carbocycles. The minimum Gasteiger partial charge on any atom is -0.480 e. The van der Waals surface area contributed by atoms with E-state index >= 15 is 0 Å². The summed E-state index contributed by atoms with van der Waals surface area (Å²) < 4.78 is 11.9. The number of ether oxygens (including phenoxy) is 2. The van der Waals surface area contributed by atoms with Gasteiger partial charge in [-0.3, -0.25) is 14.5 Å². The van der Waals surface area contributed by atoms with Crippen LogP contribution in [0.2, 0.25) is 0 Å². The van der Waals surface area contributed by atoms with E-state index in [1.165, 1.54) is 0 Å². The van der Waals surface area contributed by atoms with E-state index in [9.17, 15) is 24.6 Å². The summed E-state index contributed by atoms with van der Waals surface area (Å²) in [5, 5.41) is 30.9. The van der Waals surface area contributed by atoms with Gasteiger partial charge in [-0.15, -0.1) is 0 Å². The number of hydrogen-bond donors (Lipinski definition) is 5. The van der Waals surface area contributed by atoms with Gasteiger partial charge in [-0.25, -0.2) is 4.79 Å². The fourth-order valence-electron chi connectivity index (χ4n) is 7.56. The summed E-state index contributed by atoms with van der Waals surface area (Å²) in [4.78, 5) is 43.3. The van der Waals surface area contributed by atoms with Crippen molar-refractivity contribution >= 4 is 35.0 Å². The molecule has 13 heteroatoms. The number of carboxylic acids is 1. The molecule has 12 nitrogen and oxygen atoms in total. The van der Waals surface area contributed by atoms with Gasteiger partial charge in [0.25, 0.3) is 0 Å². The van der Waals surface area contributed by atoms with Crippen LogP contribution in [0.15, 0.2) is 30.3 Å². The van der Waals surface area contributed by atoms with Crippen LogP contribution < -0.4 is 16.0 Å². The number of carbonyl (C=O) groups excluding carboxylic acids is 2. The molecule has 1 fully saturated rings. The molecule has 5 N–H and O–H groups in total. The van der Waals surface area contributed by atoms with E-state index in [-0.39, 0.29) is 60.0 Å². The molecule has 1 saturated heterocycles. The Labute approximate surface area is 324 Å². The van der Waals surface area contributed by atoms with E-state index in [0.29, 0.717) is 30.9 Å². The van der Waals surface area contributed by atoms with Gasteiger partial charge >= 0.3 is 5.97 Å². The molecule has 0 saturated carbocycles. The average Bonchev–Trinajstić information content (AvgIpc) is 3.60. The maximum atomic E-state index is 13.8. The first-order valence-corrected chi connectivity index (χ1v) is 19.7. The van der Waals surface area contributed by atoms with Crippen molar-refractivity contribution in [3.63, 3.8) is 0 Å². The number of amides is 2. The summed E-state index contributed by atoms with van der Waals surface area (Å²) in [7, 11) is 6.85. The average molecular weight is 764 g/mol. The molecular weight excluding hydrogens is 695 g/mol. The van der Waals surface area contributed by atoms with E-state index in [1.54, 1.807) is 21.3 Å². The Morgan fingerprint density at radius 3 is 2.13 bits per heavy atom. The lowest BCUT2D eigenvalue weighted by Gasteiger charge is -2.43. The number of thiocarbonyl (C=S) groups is 1. The highest BCUT2D eigenvalue weighted by atomic mass is 32.1. The zero-order valence-electron chi connectivity index (χ0n) is 34.0. The molecule has 1 aliphatic heterocycles. The molecule has 2 rings (SSSR count). The predicted molar refractivity (Wildman–Crippen MR) is 213 cm³/mol. The van der Waals surface area contributed by atoms with E-state index < -0.39 is 36.4 Å². The predicted octanol–water partition coefficient (Wildman–Crippen LogP) is 3.94. The van der Waals surface area contributed by atoms with Crippen LogP contribution in [0.4, 0.5) is 0 Å². The summed E-state index contributed by atoms with van der Waals surface area (Å²) in [5.74, 6) is -1.09. The van der Waals surface area contributed by atoms with Crippen molar-refractivity contribution in [2.75, 3.05) is 41.4 Å². The molecular formula is C40H69N5O7S. The Morgan fingerprint density at radius 1 is 1.00 bits per heavy atom. The maximum absolute atomic E-state index is 13.8. The molecule has 53 heavy (non-hydrogen) atoms. The number of aliphatic carboxylic acids is 1. The normalized spacial score (nSPS) is 20.0. The van der Waals surface area contributed by atoms with Crippen LogP contribution in [0, 0.1) is 29.6 Å². The number of methoxy groups -OCH3 is 2. The van der Waals surface area contributed by atoms with Gasteiger partial charge in [0.2, 0.25) is 11.8 Å². The summed E-state index contributed by atoms with van der Waals surface area (Å²) in [6.07, 6.45) is 0.996. The van der Waals surface area contributed by atoms with Crippen molar-refractivity contribution < 1.29 is 34.1 Å². The second-order valence-corrected chi connectivity index (χ2v) is 16.0. The number of rotatable bonds is 23. The fraction of sp³-hybridized carbons (Fsp3) is 0.750. The van der Waals surface area contributed by atoms with E-state index in [0.717, 1.165) is 18.4 Å². The minimum absolute atomic E-state index is 0.0116. The number of likely N-dealkylation sites (tertiary alicyclic amines) is 1. The highest BCUT2D eigenvalue weighted by Crippen LogP contribution is 2.29. The Hall–Kier alpha value is -2.68. The standard InChI is InChI=1S/C40H69N5O7S/c1-12-26(6)36(44(9)39(48)35(25(4)5)43-37(47)34(41-8)24(2)3)32(52-11)22-33(46)45-19-18-29(23-45)21-31(51-10)27(7)38(53)42-30(40(49)50)20-28-16-14-13-15-17-28/h13-17,24-27,29-32,34-36,39,41,48H,12,18-23H2,1-11H3,(H,42,53)(H,43,47)(H,49,50)/t26-,27?,29?,30-,31-,32+,34-,35-,36-,39?/m0/s1. The summed E-state index contributed by atoms with van der Waals surface area (Å²) in [6.45, 7) is 15.2. The number of aliphatic hydroxyl groups is 1. The molecule has 0 radical (unpaired) electrons. The minimum atomic E-state index is -1.01. The van der Waals surface area contributed by atoms with Gasteiger partial charge in [0.1, 0.15) is 12.3 Å². The third kappa shape index (κ3) is 13.5. The fourth-order valence-corrected chi connectivity index (χ4v) is 7.85. The third-order valence-corrected chi connectivity index (χ3v) is 11.6. The number of carbonyl (C=O) groups is 3. The molecule has 0 spiro atoms. The van der Waals surface area contributed by atoms with Crippen LogP contribution in [-0.2, 0) is 30.3 Å². The number of carboxylic acid groups (broad SMARTS) is 1. The number of likely N-dealkylation sites (N-methyl/N-ethyl adjacent to an activating group) is 2. The van der Waals surface area contributed by atoms with Crippen LogP contribution in [0.1, 0.15) is 79.7 Å². The first-order valence-electron chi connectivity index (χ1n) is 19.3. The lowest BCUT2D eigenvalue weighted by atomic mass is 9.89. The molecule has 3 unspecified atom stereocenters. The Bertz CT molecular complexity index is 1290. The van der Waals surface area contributed by atoms with Crippen LogP contribution >= 0.6 is 12.2 Å². The van der Waals surface area contributed by atoms with Gasteiger partial charge < -0.3 is 40.5 Å². The lowest BCUT2D eigenvalue weighted by molar-refractivity contribution is -0.140. The summed E-state index contributed by atoms with van der Waals surface area (Å²) in [5.41, 5.74) is 0.907. The van der Waals surface area contributed by atoms with Crippen LogP contribution in [-0.4, -0.2) is 127 Å². The molecule has 1 heterocycles. The molecule has 10 atom stereocenters. The highest BCUT2D eigenvalue weighted by Gasteiger charge is 2.40. The molecule has 1 aromatic carbocycles. The van der Waals surface area contributed by atoms with Gasteiger partial charge in [-0.1, -0.05) is 97.4 Å². The highest BCUT2D eigenvalue weighted by molar-refractivity contribution is 7.80. The van der Waals surface area contributed by atoms with Crippen LogP contribution in [0.3, 0.4) is 0 Å². The quantitative estimate of drug-likeness (QED) is 0.0815. The smallest absolute Gasteiger partial charge is 0.326 e. The first-order chi connectivity index (χ1) is 25.0. The van der Waals surface area contributed by atoms with Crippen molar-refractivity contribution in [1.29, 1.82) is 0 Å².